The minimum absolute atomic E-state index is 0.222. The minimum atomic E-state index is -0.509. The number of benzene rings is 1. The van der Waals surface area contributed by atoms with Crippen LogP contribution in [0.5, 0.6) is 0 Å². The normalized spacial score (nSPS) is 20.8. The van der Waals surface area contributed by atoms with Crippen molar-refractivity contribution in [2.24, 2.45) is 5.92 Å². The molecule has 0 spiro atoms. The molecule has 1 fully saturated rings. The molecule has 3 rings (SSSR count). The molecule has 2 heterocycles. The Morgan fingerprint density at radius 1 is 1.21 bits per heavy atom. The maximum atomic E-state index is 12.7. The topological polar surface area (TPSA) is 70.7 Å². The molecular formula is C22H31N3O3. The van der Waals surface area contributed by atoms with E-state index in [9.17, 15) is 9.59 Å². The van der Waals surface area contributed by atoms with Crippen LogP contribution in [0.15, 0.2) is 35.5 Å². The molecule has 1 unspecified atom stereocenters. The number of carbonyl (C=O) groups is 2. The third-order valence-electron chi connectivity index (χ3n) is 5.45. The number of amides is 2. The molecule has 0 saturated carbocycles. The number of urea groups is 1. The SMILES string of the molecule is CCC1=C(C(=O)OC(C)C)C(c2ccc(N3CCC(C)CC3)cc2)NC(=O)N1. The van der Waals surface area contributed by atoms with E-state index in [0.29, 0.717) is 17.7 Å². The molecule has 1 aromatic carbocycles. The molecule has 0 aromatic heterocycles. The molecule has 0 radical (unpaired) electrons. The van der Waals surface area contributed by atoms with Crippen LogP contribution in [0.25, 0.3) is 0 Å². The maximum absolute atomic E-state index is 12.7. The van der Waals surface area contributed by atoms with Gasteiger partial charge < -0.3 is 20.3 Å². The second kappa shape index (κ2) is 8.67. The number of carbonyl (C=O) groups excluding carboxylic acids is 2. The summed E-state index contributed by atoms with van der Waals surface area (Å²) in [6.45, 7) is 9.99. The maximum Gasteiger partial charge on any atom is 0.338 e. The first kappa shape index (κ1) is 20.2. The molecule has 0 bridgehead atoms. The Labute approximate surface area is 167 Å². The number of allylic oxidation sites excluding steroid dienone is 1. The van der Waals surface area contributed by atoms with Crippen LogP contribution < -0.4 is 15.5 Å². The van der Waals surface area contributed by atoms with Crippen LogP contribution in [0.4, 0.5) is 10.5 Å². The zero-order valence-electron chi connectivity index (χ0n) is 17.2. The van der Waals surface area contributed by atoms with Crippen molar-refractivity contribution in [2.75, 3.05) is 18.0 Å². The molecule has 6 nitrogen and oxygen atoms in total. The summed E-state index contributed by atoms with van der Waals surface area (Å²) in [5.41, 5.74) is 3.16. The van der Waals surface area contributed by atoms with E-state index in [4.69, 9.17) is 4.74 Å². The van der Waals surface area contributed by atoms with Gasteiger partial charge in [-0.3, -0.25) is 0 Å². The van der Waals surface area contributed by atoms with Crippen molar-refractivity contribution in [1.82, 2.24) is 10.6 Å². The Morgan fingerprint density at radius 2 is 1.86 bits per heavy atom. The lowest BCUT2D eigenvalue weighted by Crippen LogP contribution is -2.46. The first-order valence-corrected chi connectivity index (χ1v) is 10.3. The van der Waals surface area contributed by atoms with Crippen LogP contribution in [0, 0.1) is 5.92 Å². The number of ether oxygens (including phenoxy) is 1. The zero-order valence-corrected chi connectivity index (χ0v) is 17.2. The van der Waals surface area contributed by atoms with Crippen molar-refractivity contribution in [1.29, 1.82) is 0 Å². The predicted molar refractivity (Wildman–Crippen MR) is 110 cm³/mol. The number of anilines is 1. The molecule has 2 amide bonds. The minimum Gasteiger partial charge on any atom is -0.459 e. The summed E-state index contributed by atoms with van der Waals surface area (Å²) in [5.74, 6) is 0.394. The summed E-state index contributed by atoms with van der Waals surface area (Å²) in [6.07, 6.45) is 2.75. The zero-order chi connectivity index (χ0) is 20.3. The monoisotopic (exact) mass is 385 g/mol. The molecule has 2 aliphatic rings. The summed E-state index contributed by atoms with van der Waals surface area (Å²) in [7, 11) is 0. The van der Waals surface area contributed by atoms with Crippen molar-refractivity contribution in [3.05, 3.63) is 41.1 Å². The first-order valence-electron chi connectivity index (χ1n) is 10.3. The van der Waals surface area contributed by atoms with Gasteiger partial charge in [0.1, 0.15) is 0 Å². The van der Waals surface area contributed by atoms with E-state index >= 15 is 0 Å². The Kier molecular flexibility index (Phi) is 6.27. The highest BCUT2D eigenvalue weighted by Crippen LogP contribution is 2.31. The van der Waals surface area contributed by atoms with Gasteiger partial charge in [0.2, 0.25) is 0 Å². The van der Waals surface area contributed by atoms with Crippen molar-refractivity contribution < 1.29 is 14.3 Å². The van der Waals surface area contributed by atoms with Crippen LogP contribution >= 0.6 is 0 Å². The van der Waals surface area contributed by atoms with Gasteiger partial charge in [-0.2, -0.15) is 0 Å². The van der Waals surface area contributed by atoms with Gasteiger partial charge in [0.25, 0.3) is 0 Å². The highest BCUT2D eigenvalue weighted by molar-refractivity contribution is 5.95. The molecule has 0 aliphatic carbocycles. The fourth-order valence-electron chi connectivity index (χ4n) is 3.81. The van der Waals surface area contributed by atoms with Gasteiger partial charge in [-0.05, 0) is 56.7 Å². The number of rotatable bonds is 5. The fraction of sp³-hybridized carbons (Fsp3) is 0.545. The summed E-state index contributed by atoms with van der Waals surface area (Å²) in [4.78, 5) is 27.3. The first-order chi connectivity index (χ1) is 13.4. The lowest BCUT2D eigenvalue weighted by atomic mass is 9.93. The van der Waals surface area contributed by atoms with E-state index in [1.54, 1.807) is 0 Å². The van der Waals surface area contributed by atoms with E-state index in [0.717, 1.165) is 24.6 Å². The van der Waals surface area contributed by atoms with Crippen LogP contribution in [0.1, 0.15) is 58.6 Å². The second-order valence-electron chi connectivity index (χ2n) is 7.99. The Morgan fingerprint density at radius 3 is 2.43 bits per heavy atom. The van der Waals surface area contributed by atoms with Crippen LogP contribution in [0.3, 0.4) is 0 Å². The smallest absolute Gasteiger partial charge is 0.338 e. The number of hydrogen-bond acceptors (Lipinski definition) is 4. The van der Waals surface area contributed by atoms with Gasteiger partial charge in [0.05, 0.1) is 17.7 Å². The predicted octanol–water partition coefficient (Wildman–Crippen LogP) is 3.89. The lowest BCUT2D eigenvalue weighted by Gasteiger charge is -2.33. The van der Waals surface area contributed by atoms with Gasteiger partial charge in [-0.25, -0.2) is 9.59 Å². The summed E-state index contributed by atoms with van der Waals surface area (Å²) in [6, 6.07) is 7.36. The fourth-order valence-corrected chi connectivity index (χ4v) is 3.81. The summed E-state index contributed by atoms with van der Waals surface area (Å²) in [5, 5.41) is 5.64. The van der Waals surface area contributed by atoms with Crippen LogP contribution in [-0.2, 0) is 9.53 Å². The highest BCUT2D eigenvalue weighted by atomic mass is 16.5. The Bertz CT molecular complexity index is 747. The quantitative estimate of drug-likeness (QED) is 0.755. The van der Waals surface area contributed by atoms with Gasteiger partial charge in [-0.1, -0.05) is 26.0 Å². The number of piperidine rings is 1. The van der Waals surface area contributed by atoms with Crippen LogP contribution in [0.2, 0.25) is 0 Å². The average Bonchev–Trinajstić information content (AvgIpc) is 2.67. The third kappa shape index (κ3) is 4.49. The molecular weight excluding hydrogens is 354 g/mol. The lowest BCUT2D eigenvalue weighted by molar-refractivity contribution is -0.143. The van der Waals surface area contributed by atoms with Gasteiger partial charge in [0, 0.05) is 24.5 Å². The highest BCUT2D eigenvalue weighted by Gasteiger charge is 2.33. The molecule has 1 saturated heterocycles. The van der Waals surface area contributed by atoms with Crippen molar-refractivity contribution in [3.63, 3.8) is 0 Å². The van der Waals surface area contributed by atoms with E-state index in [1.165, 1.54) is 18.5 Å². The number of esters is 1. The van der Waals surface area contributed by atoms with Crippen molar-refractivity contribution >= 4 is 17.7 Å². The van der Waals surface area contributed by atoms with Crippen molar-refractivity contribution in [3.8, 4) is 0 Å². The Hall–Kier alpha value is -2.50. The van der Waals surface area contributed by atoms with Crippen molar-refractivity contribution in [2.45, 2.75) is 59.1 Å². The second-order valence-corrected chi connectivity index (χ2v) is 7.99. The van der Waals surface area contributed by atoms with Gasteiger partial charge >= 0.3 is 12.0 Å². The summed E-state index contributed by atoms with van der Waals surface area (Å²) < 4.78 is 5.44. The standard InChI is InChI=1S/C22H31N3O3/c1-5-18-19(21(26)28-14(2)3)20(24-22(27)23-18)16-6-8-17(9-7-16)25-12-10-15(4)11-13-25/h6-9,14-15,20H,5,10-13H2,1-4H3,(H2,23,24,27). The molecule has 6 heteroatoms. The molecule has 1 atom stereocenters. The van der Waals surface area contributed by atoms with E-state index in [-0.39, 0.29) is 12.1 Å². The molecule has 152 valence electrons. The summed E-state index contributed by atoms with van der Waals surface area (Å²) >= 11 is 0. The Balaban J connectivity index is 1.86. The van der Waals surface area contributed by atoms with Gasteiger partial charge in [-0.15, -0.1) is 0 Å². The largest absolute Gasteiger partial charge is 0.459 e. The number of hydrogen-bond donors (Lipinski definition) is 2. The molecule has 2 N–H and O–H groups in total. The molecule has 2 aliphatic heterocycles. The third-order valence-corrected chi connectivity index (χ3v) is 5.45. The van der Waals surface area contributed by atoms with Gasteiger partial charge in [0.15, 0.2) is 0 Å². The number of nitrogens with one attached hydrogen (secondary N) is 2. The number of nitrogens with zero attached hydrogens (tertiary/aromatic N) is 1. The van der Waals surface area contributed by atoms with Crippen LogP contribution in [-0.4, -0.2) is 31.2 Å². The molecule has 28 heavy (non-hydrogen) atoms. The average molecular weight is 386 g/mol. The van der Waals surface area contributed by atoms with E-state index in [2.05, 4.69) is 34.6 Å². The molecule has 1 aromatic rings. The van der Waals surface area contributed by atoms with E-state index in [1.807, 2.05) is 32.9 Å². The van der Waals surface area contributed by atoms with E-state index < -0.39 is 12.0 Å².